The lowest BCUT2D eigenvalue weighted by Crippen LogP contribution is -2.21. The first-order valence-corrected chi connectivity index (χ1v) is 5.63. The van der Waals surface area contributed by atoms with Crippen molar-refractivity contribution in [2.45, 2.75) is 4.90 Å². The molecule has 0 heterocycles. The van der Waals surface area contributed by atoms with Crippen LogP contribution in [0.2, 0.25) is 0 Å². The van der Waals surface area contributed by atoms with Crippen LogP contribution in [0.5, 0.6) is 0 Å². The summed E-state index contributed by atoms with van der Waals surface area (Å²) in [6.07, 6.45) is 0. The van der Waals surface area contributed by atoms with Crippen molar-refractivity contribution >= 4 is 35.0 Å². The molecule has 3 nitrogen and oxygen atoms in total. The Morgan fingerprint density at radius 1 is 1.36 bits per heavy atom. The molecule has 0 aliphatic carbocycles. The van der Waals surface area contributed by atoms with Gasteiger partial charge in [0.2, 0.25) is 0 Å². The number of hydrogen-bond donors (Lipinski definition) is 2. The number of halogens is 1. The zero-order valence-corrected chi connectivity index (χ0v) is 9.18. The molecule has 1 aromatic carbocycles. The summed E-state index contributed by atoms with van der Waals surface area (Å²) in [5.41, 5.74) is 11.4. The lowest BCUT2D eigenvalue weighted by atomic mass is 10.3. The van der Waals surface area contributed by atoms with Crippen LogP contribution in [0.1, 0.15) is 0 Å². The monoisotopic (exact) mass is 229 g/mol. The van der Waals surface area contributed by atoms with Crippen LogP contribution in [-0.4, -0.2) is 17.6 Å². The van der Waals surface area contributed by atoms with E-state index in [1.54, 1.807) is 11.8 Å². The maximum Gasteiger partial charge on any atom is 0.191 e. The van der Waals surface area contributed by atoms with Crippen molar-refractivity contribution in [3.8, 4) is 0 Å². The number of nitrogens with two attached hydrogens (primary N) is 2. The van der Waals surface area contributed by atoms with E-state index in [1.807, 2.05) is 24.3 Å². The third-order valence-corrected chi connectivity index (χ3v) is 2.93. The molecule has 14 heavy (non-hydrogen) atoms. The van der Waals surface area contributed by atoms with Gasteiger partial charge in [0, 0.05) is 16.5 Å². The van der Waals surface area contributed by atoms with Gasteiger partial charge >= 0.3 is 0 Å². The fourth-order valence-electron chi connectivity index (χ4n) is 0.959. The van der Waals surface area contributed by atoms with Crippen LogP contribution in [0.25, 0.3) is 0 Å². The quantitative estimate of drug-likeness (QED) is 0.359. The van der Waals surface area contributed by atoms with E-state index in [4.69, 9.17) is 23.1 Å². The van der Waals surface area contributed by atoms with Gasteiger partial charge in [-0.05, 0) is 12.1 Å². The lowest BCUT2D eigenvalue weighted by Gasteiger charge is -2.03. The fourth-order valence-corrected chi connectivity index (χ4v) is 1.92. The van der Waals surface area contributed by atoms with Gasteiger partial charge in [0.1, 0.15) is 0 Å². The zero-order chi connectivity index (χ0) is 10.4. The van der Waals surface area contributed by atoms with Crippen LogP contribution in [0.3, 0.4) is 0 Å². The summed E-state index contributed by atoms with van der Waals surface area (Å²) >= 11 is 7.24. The van der Waals surface area contributed by atoms with Crippen molar-refractivity contribution in [1.82, 2.24) is 0 Å². The summed E-state index contributed by atoms with van der Waals surface area (Å²) in [5.74, 6) is 1.53. The second kappa shape index (κ2) is 5.78. The molecule has 1 rings (SSSR count). The molecular formula is C9H12ClN3S. The average Bonchev–Trinajstić information content (AvgIpc) is 2.16. The van der Waals surface area contributed by atoms with E-state index < -0.39 is 0 Å². The Morgan fingerprint density at radius 3 is 2.71 bits per heavy atom. The highest BCUT2D eigenvalue weighted by molar-refractivity contribution is 7.99. The molecule has 0 aliphatic rings. The van der Waals surface area contributed by atoms with Gasteiger partial charge in [-0.25, -0.2) is 4.99 Å². The van der Waals surface area contributed by atoms with Crippen molar-refractivity contribution < 1.29 is 0 Å². The third kappa shape index (κ3) is 3.47. The van der Waals surface area contributed by atoms with Crippen LogP contribution in [0.15, 0.2) is 34.2 Å². The molecule has 0 aromatic heterocycles. The topological polar surface area (TPSA) is 64.4 Å². The number of benzene rings is 1. The largest absolute Gasteiger partial charge is 0.370 e. The highest BCUT2D eigenvalue weighted by atomic mass is 35.5. The SMILES string of the molecule is NC(N)=Nc1ccccc1SCCCl. The van der Waals surface area contributed by atoms with Crippen LogP contribution >= 0.6 is 23.4 Å². The van der Waals surface area contributed by atoms with Gasteiger partial charge in [-0.15, -0.1) is 23.4 Å². The maximum absolute atomic E-state index is 5.60. The van der Waals surface area contributed by atoms with Crippen molar-refractivity contribution in [3.63, 3.8) is 0 Å². The fraction of sp³-hybridized carbons (Fsp3) is 0.222. The minimum Gasteiger partial charge on any atom is -0.370 e. The second-order valence-electron chi connectivity index (χ2n) is 2.54. The third-order valence-electron chi connectivity index (χ3n) is 1.45. The highest BCUT2D eigenvalue weighted by Crippen LogP contribution is 2.28. The Hall–Kier alpha value is -0.870. The van der Waals surface area contributed by atoms with Gasteiger partial charge in [-0.1, -0.05) is 12.1 Å². The zero-order valence-electron chi connectivity index (χ0n) is 7.61. The van der Waals surface area contributed by atoms with Crippen molar-refractivity contribution in [2.24, 2.45) is 16.5 Å². The van der Waals surface area contributed by atoms with E-state index in [2.05, 4.69) is 4.99 Å². The molecule has 5 heteroatoms. The number of rotatable bonds is 4. The first-order valence-electron chi connectivity index (χ1n) is 4.11. The lowest BCUT2D eigenvalue weighted by molar-refractivity contribution is 1.33. The molecular weight excluding hydrogens is 218 g/mol. The summed E-state index contributed by atoms with van der Waals surface area (Å²) in [5, 5.41) is 0. The number of thioether (sulfide) groups is 1. The molecule has 0 saturated carbocycles. The van der Waals surface area contributed by atoms with Crippen LogP contribution in [0.4, 0.5) is 5.69 Å². The van der Waals surface area contributed by atoms with Crippen LogP contribution in [0, 0.1) is 0 Å². The molecule has 0 bridgehead atoms. The maximum atomic E-state index is 5.60. The Morgan fingerprint density at radius 2 is 2.07 bits per heavy atom. The molecule has 0 unspecified atom stereocenters. The van der Waals surface area contributed by atoms with Gasteiger partial charge < -0.3 is 11.5 Å². The summed E-state index contributed by atoms with van der Waals surface area (Å²) in [6.45, 7) is 0. The molecule has 0 fully saturated rings. The van der Waals surface area contributed by atoms with E-state index in [0.29, 0.717) is 5.88 Å². The van der Waals surface area contributed by atoms with Crippen LogP contribution < -0.4 is 11.5 Å². The Kier molecular flexibility index (Phi) is 4.62. The number of guanidine groups is 1. The summed E-state index contributed by atoms with van der Waals surface area (Å²) in [6, 6.07) is 7.68. The van der Waals surface area contributed by atoms with E-state index in [1.165, 1.54) is 0 Å². The molecule has 0 spiro atoms. The van der Waals surface area contributed by atoms with Gasteiger partial charge in [0.05, 0.1) is 5.69 Å². The standard InChI is InChI=1S/C9H12ClN3S/c10-5-6-14-8-4-2-1-3-7(8)13-9(11)12/h1-4H,5-6H2,(H4,11,12,13). The summed E-state index contributed by atoms with van der Waals surface area (Å²) < 4.78 is 0. The predicted octanol–water partition coefficient (Wildman–Crippen LogP) is 1.92. The number of para-hydroxylation sites is 1. The van der Waals surface area contributed by atoms with E-state index in [9.17, 15) is 0 Å². The predicted molar refractivity (Wildman–Crippen MR) is 63.4 cm³/mol. The summed E-state index contributed by atoms with van der Waals surface area (Å²) in [4.78, 5) is 5.06. The molecule has 0 radical (unpaired) electrons. The van der Waals surface area contributed by atoms with Crippen molar-refractivity contribution in [3.05, 3.63) is 24.3 Å². The number of aliphatic imine (C=N–C) groups is 1. The number of alkyl halides is 1. The Labute approximate surface area is 92.5 Å². The number of hydrogen-bond acceptors (Lipinski definition) is 2. The normalized spacial score (nSPS) is 9.79. The van der Waals surface area contributed by atoms with Gasteiger partial charge in [-0.3, -0.25) is 0 Å². The van der Waals surface area contributed by atoms with Gasteiger partial charge in [0.15, 0.2) is 5.96 Å². The van der Waals surface area contributed by atoms with Crippen molar-refractivity contribution in [2.75, 3.05) is 11.6 Å². The minimum absolute atomic E-state index is 0.0731. The second-order valence-corrected chi connectivity index (χ2v) is 4.06. The Balaban J connectivity index is 2.86. The first-order chi connectivity index (χ1) is 6.74. The summed E-state index contributed by atoms with van der Waals surface area (Å²) in [7, 11) is 0. The van der Waals surface area contributed by atoms with Crippen molar-refractivity contribution in [1.29, 1.82) is 0 Å². The minimum atomic E-state index is 0.0731. The number of nitrogens with zero attached hydrogens (tertiary/aromatic N) is 1. The van der Waals surface area contributed by atoms with Crippen LogP contribution in [-0.2, 0) is 0 Å². The molecule has 0 aliphatic heterocycles. The van der Waals surface area contributed by atoms with E-state index in [0.717, 1.165) is 16.3 Å². The average molecular weight is 230 g/mol. The molecule has 0 amide bonds. The molecule has 0 saturated heterocycles. The molecule has 76 valence electrons. The molecule has 4 N–H and O–H groups in total. The first kappa shape index (κ1) is 11.2. The smallest absolute Gasteiger partial charge is 0.191 e. The molecule has 0 atom stereocenters. The van der Waals surface area contributed by atoms with Gasteiger partial charge in [-0.2, -0.15) is 0 Å². The highest BCUT2D eigenvalue weighted by Gasteiger charge is 2.00. The Bertz CT molecular complexity index is 324. The van der Waals surface area contributed by atoms with E-state index in [-0.39, 0.29) is 5.96 Å². The molecule has 1 aromatic rings. The van der Waals surface area contributed by atoms with Gasteiger partial charge in [0.25, 0.3) is 0 Å². The van der Waals surface area contributed by atoms with E-state index >= 15 is 0 Å².